The molecule has 0 aliphatic heterocycles. The molecule has 15 heavy (non-hydrogen) atoms. The van der Waals surface area contributed by atoms with Crippen LogP contribution in [0, 0.1) is 0 Å². The second kappa shape index (κ2) is 4.00. The highest BCUT2D eigenvalue weighted by molar-refractivity contribution is 5.89. The molecule has 1 aromatic heterocycles. The Balaban J connectivity index is 2.29. The van der Waals surface area contributed by atoms with Gasteiger partial charge in [0.2, 0.25) is 0 Å². The third-order valence-corrected chi connectivity index (χ3v) is 2.21. The molecule has 1 heterocycles. The van der Waals surface area contributed by atoms with Crippen molar-refractivity contribution in [3.05, 3.63) is 48.2 Å². The number of methoxy groups -OCH3 is 1. The summed E-state index contributed by atoms with van der Waals surface area (Å²) >= 11 is 0. The molecule has 0 aliphatic rings. The zero-order chi connectivity index (χ0) is 10.7. The molecule has 0 unspecified atom stereocenters. The number of carbonyl (C=O) groups excluding carboxylic acids is 1. The van der Waals surface area contributed by atoms with E-state index in [4.69, 9.17) is 0 Å². The van der Waals surface area contributed by atoms with Gasteiger partial charge >= 0.3 is 5.97 Å². The molecule has 0 saturated carbocycles. The molecular weight excluding hydrogens is 190 g/mol. The fourth-order valence-electron chi connectivity index (χ4n) is 1.41. The van der Waals surface area contributed by atoms with Crippen molar-refractivity contribution in [3.63, 3.8) is 0 Å². The number of rotatable bonds is 2. The predicted octanol–water partition coefficient (Wildman–Crippen LogP) is 2.47. The molecule has 3 nitrogen and oxygen atoms in total. The lowest BCUT2D eigenvalue weighted by Gasteiger charge is -2.01. The molecule has 2 rings (SSSR count). The molecule has 2 aromatic rings. The first-order valence-electron chi connectivity index (χ1n) is 4.63. The lowest BCUT2D eigenvalue weighted by molar-refractivity contribution is 0.0601. The van der Waals surface area contributed by atoms with Crippen LogP contribution in [0.4, 0.5) is 0 Å². The fourth-order valence-corrected chi connectivity index (χ4v) is 1.41. The zero-order valence-corrected chi connectivity index (χ0v) is 8.36. The van der Waals surface area contributed by atoms with Gasteiger partial charge in [0.15, 0.2) is 0 Å². The van der Waals surface area contributed by atoms with Crippen LogP contribution in [-0.2, 0) is 4.74 Å². The van der Waals surface area contributed by atoms with Crippen LogP contribution >= 0.6 is 0 Å². The maximum atomic E-state index is 11.2. The van der Waals surface area contributed by atoms with E-state index < -0.39 is 0 Å². The van der Waals surface area contributed by atoms with E-state index >= 15 is 0 Å². The Morgan fingerprint density at radius 1 is 1.20 bits per heavy atom. The van der Waals surface area contributed by atoms with Crippen LogP contribution in [0.25, 0.3) is 11.3 Å². The van der Waals surface area contributed by atoms with Gasteiger partial charge in [-0.3, -0.25) is 0 Å². The van der Waals surface area contributed by atoms with Crippen molar-refractivity contribution in [1.82, 2.24) is 4.98 Å². The van der Waals surface area contributed by atoms with E-state index in [1.807, 2.05) is 30.5 Å². The number of H-pyrrole nitrogens is 1. The Hall–Kier alpha value is -2.03. The average molecular weight is 201 g/mol. The molecule has 0 atom stereocenters. The van der Waals surface area contributed by atoms with E-state index in [1.165, 1.54) is 7.11 Å². The van der Waals surface area contributed by atoms with Gasteiger partial charge in [-0.05, 0) is 29.8 Å². The standard InChI is InChI=1S/C12H11NO2/c1-15-12(14)10-6-4-9(5-7-10)11-3-2-8-13-11/h2-8,13H,1H3. The number of hydrogen-bond donors (Lipinski definition) is 1. The molecule has 1 aromatic carbocycles. The summed E-state index contributed by atoms with van der Waals surface area (Å²) in [5, 5.41) is 0. The van der Waals surface area contributed by atoms with Crippen LogP contribution in [0.15, 0.2) is 42.6 Å². The fraction of sp³-hybridized carbons (Fsp3) is 0.0833. The van der Waals surface area contributed by atoms with Crippen molar-refractivity contribution in [1.29, 1.82) is 0 Å². The predicted molar refractivity (Wildman–Crippen MR) is 57.6 cm³/mol. The first-order chi connectivity index (χ1) is 7.31. The lowest BCUT2D eigenvalue weighted by atomic mass is 10.1. The minimum absolute atomic E-state index is 0.312. The van der Waals surface area contributed by atoms with E-state index in [1.54, 1.807) is 12.1 Å². The van der Waals surface area contributed by atoms with Crippen molar-refractivity contribution >= 4 is 5.97 Å². The molecule has 0 bridgehead atoms. The number of ether oxygens (including phenoxy) is 1. The summed E-state index contributed by atoms with van der Waals surface area (Å²) < 4.78 is 4.62. The summed E-state index contributed by atoms with van der Waals surface area (Å²) in [6.07, 6.45) is 1.86. The number of aromatic amines is 1. The summed E-state index contributed by atoms with van der Waals surface area (Å²) in [5.41, 5.74) is 2.65. The molecule has 0 amide bonds. The van der Waals surface area contributed by atoms with Crippen molar-refractivity contribution in [2.45, 2.75) is 0 Å². The average Bonchev–Trinajstić information content (AvgIpc) is 2.82. The highest BCUT2D eigenvalue weighted by Crippen LogP contribution is 2.17. The van der Waals surface area contributed by atoms with Gasteiger partial charge in [0.1, 0.15) is 0 Å². The van der Waals surface area contributed by atoms with Crippen molar-refractivity contribution in [2.75, 3.05) is 7.11 Å². The molecule has 0 aliphatic carbocycles. The Labute approximate surface area is 87.7 Å². The molecule has 0 saturated heterocycles. The summed E-state index contributed by atoms with van der Waals surface area (Å²) in [6, 6.07) is 11.2. The number of esters is 1. The number of nitrogens with one attached hydrogen (secondary N) is 1. The topological polar surface area (TPSA) is 42.1 Å². The SMILES string of the molecule is COC(=O)c1ccc(-c2ccc[nH]2)cc1. The third-order valence-electron chi connectivity index (χ3n) is 2.21. The summed E-state index contributed by atoms with van der Waals surface area (Å²) in [4.78, 5) is 14.3. The van der Waals surface area contributed by atoms with Crippen LogP contribution < -0.4 is 0 Å². The lowest BCUT2D eigenvalue weighted by Crippen LogP contribution is -2.00. The highest BCUT2D eigenvalue weighted by Gasteiger charge is 2.04. The van der Waals surface area contributed by atoms with Gasteiger partial charge in [0.05, 0.1) is 12.7 Å². The minimum Gasteiger partial charge on any atom is -0.465 e. The van der Waals surface area contributed by atoms with E-state index in [-0.39, 0.29) is 5.97 Å². The molecular formula is C12H11NO2. The Morgan fingerprint density at radius 3 is 2.47 bits per heavy atom. The van der Waals surface area contributed by atoms with Crippen molar-refractivity contribution in [2.24, 2.45) is 0 Å². The van der Waals surface area contributed by atoms with E-state index in [0.29, 0.717) is 5.56 Å². The first-order valence-corrected chi connectivity index (χ1v) is 4.63. The smallest absolute Gasteiger partial charge is 0.337 e. The molecule has 0 radical (unpaired) electrons. The molecule has 3 heteroatoms. The quantitative estimate of drug-likeness (QED) is 0.758. The summed E-state index contributed by atoms with van der Waals surface area (Å²) in [5.74, 6) is -0.312. The summed E-state index contributed by atoms with van der Waals surface area (Å²) in [7, 11) is 1.38. The van der Waals surface area contributed by atoms with Gasteiger partial charge in [-0.1, -0.05) is 12.1 Å². The minimum atomic E-state index is -0.312. The van der Waals surface area contributed by atoms with Gasteiger partial charge < -0.3 is 9.72 Å². The number of carbonyl (C=O) groups is 1. The van der Waals surface area contributed by atoms with E-state index in [2.05, 4.69) is 9.72 Å². The molecule has 0 fully saturated rings. The monoisotopic (exact) mass is 201 g/mol. The Bertz CT molecular complexity index is 443. The van der Waals surface area contributed by atoms with Crippen LogP contribution in [0.1, 0.15) is 10.4 Å². The zero-order valence-electron chi connectivity index (χ0n) is 8.36. The van der Waals surface area contributed by atoms with Gasteiger partial charge in [-0.15, -0.1) is 0 Å². The van der Waals surface area contributed by atoms with Crippen molar-refractivity contribution < 1.29 is 9.53 Å². The number of hydrogen-bond acceptors (Lipinski definition) is 2. The summed E-state index contributed by atoms with van der Waals surface area (Å²) in [6.45, 7) is 0. The van der Waals surface area contributed by atoms with Gasteiger partial charge in [-0.25, -0.2) is 4.79 Å². The first kappa shape index (κ1) is 9.52. The highest BCUT2D eigenvalue weighted by atomic mass is 16.5. The number of benzene rings is 1. The Morgan fingerprint density at radius 2 is 1.93 bits per heavy atom. The van der Waals surface area contributed by atoms with Gasteiger partial charge in [0, 0.05) is 11.9 Å². The molecule has 1 N–H and O–H groups in total. The van der Waals surface area contributed by atoms with Crippen LogP contribution in [-0.4, -0.2) is 18.1 Å². The molecule has 0 spiro atoms. The van der Waals surface area contributed by atoms with Crippen molar-refractivity contribution in [3.8, 4) is 11.3 Å². The van der Waals surface area contributed by atoms with E-state index in [0.717, 1.165) is 11.3 Å². The van der Waals surface area contributed by atoms with Crippen LogP contribution in [0.5, 0.6) is 0 Å². The van der Waals surface area contributed by atoms with Crippen LogP contribution in [0.2, 0.25) is 0 Å². The number of aromatic nitrogens is 1. The van der Waals surface area contributed by atoms with Gasteiger partial charge in [0.25, 0.3) is 0 Å². The molecule has 76 valence electrons. The maximum Gasteiger partial charge on any atom is 0.337 e. The Kier molecular flexibility index (Phi) is 2.54. The van der Waals surface area contributed by atoms with Crippen LogP contribution in [0.3, 0.4) is 0 Å². The van der Waals surface area contributed by atoms with E-state index in [9.17, 15) is 4.79 Å². The second-order valence-corrected chi connectivity index (χ2v) is 3.15. The maximum absolute atomic E-state index is 11.2. The second-order valence-electron chi connectivity index (χ2n) is 3.15. The third kappa shape index (κ3) is 1.91. The largest absolute Gasteiger partial charge is 0.465 e. The normalized spacial score (nSPS) is 9.93. The van der Waals surface area contributed by atoms with Gasteiger partial charge in [-0.2, -0.15) is 0 Å².